The molecule has 1 aliphatic heterocycles. The van der Waals surface area contributed by atoms with Crippen molar-refractivity contribution in [2.75, 3.05) is 32.7 Å². The van der Waals surface area contributed by atoms with E-state index in [4.69, 9.17) is 0 Å². The van der Waals surface area contributed by atoms with Crippen LogP contribution >= 0.6 is 0 Å². The summed E-state index contributed by atoms with van der Waals surface area (Å²) in [6.45, 7) is 5.47. The Morgan fingerprint density at radius 2 is 1.93 bits per heavy atom. The van der Waals surface area contributed by atoms with Gasteiger partial charge in [0.15, 0.2) is 6.04 Å². The molecule has 0 unspecified atom stereocenters. The molecule has 1 heterocycles. The Morgan fingerprint density at radius 3 is 2.48 bits per heavy atom. The van der Waals surface area contributed by atoms with Crippen LogP contribution in [0, 0.1) is 0 Å². The SMILES string of the molecule is CCCNC(=O)[C@@H](C)[NH+]1CCN(S(=O)(=O)c2cccc(C(F)(F)F)c2)CC1. The number of piperazine rings is 1. The summed E-state index contributed by atoms with van der Waals surface area (Å²) in [5.74, 6) is -0.0824. The van der Waals surface area contributed by atoms with E-state index in [1.807, 2.05) is 6.92 Å². The third-order valence-electron chi connectivity index (χ3n) is 4.72. The van der Waals surface area contributed by atoms with Gasteiger partial charge in [0.1, 0.15) is 0 Å². The van der Waals surface area contributed by atoms with Crippen LogP contribution in [-0.2, 0) is 21.0 Å². The van der Waals surface area contributed by atoms with Gasteiger partial charge in [-0.1, -0.05) is 13.0 Å². The minimum absolute atomic E-state index is 0.0824. The Balaban J connectivity index is 2.06. The molecule has 0 radical (unpaired) electrons. The monoisotopic (exact) mass is 408 g/mol. The topological polar surface area (TPSA) is 70.9 Å². The van der Waals surface area contributed by atoms with Gasteiger partial charge in [0, 0.05) is 6.54 Å². The number of sulfonamides is 1. The molecule has 1 saturated heterocycles. The van der Waals surface area contributed by atoms with Crippen LogP contribution in [0.4, 0.5) is 13.2 Å². The van der Waals surface area contributed by atoms with Gasteiger partial charge in [-0.2, -0.15) is 17.5 Å². The lowest BCUT2D eigenvalue weighted by Crippen LogP contribution is -3.19. The number of hydrogen-bond donors (Lipinski definition) is 2. The molecule has 6 nitrogen and oxygen atoms in total. The van der Waals surface area contributed by atoms with Crippen LogP contribution in [0.15, 0.2) is 29.2 Å². The third-order valence-corrected chi connectivity index (χ3v) is 6.61. The zero-order valence-corrected chi connectivity index (χ0v) is 16.2. The molecule has 2 N–H and O–H groups in total. The lowest BCUT2D eigenvalue weighted by atomic mass is 10.2. The second-order valence-corrected chi connectivity index (χ2v) is 8.54. The zero-order chi connectivity index (χ0) is 20.2. The van der Waals surface area contributed by atoms with Crippen molar-refractivity contribution in [2.24, 2.45) is 0 Å². The Bertz CT molecular complexity index is 760. The second kappa shape index (κ2) is 8.57. The lowest BCUT2D eigenvalue weighted by molar-refractivity contribution is -0.917. The molecule has 1 amide bonds. The molecule has 0 spiro atoms. The van der Waals surface area contributed by atoms with Gasteiger partial charge >= 0.3 is 6.18 Å². The third kappa shape index (κ3) is 5.20. The zero-order valence-electron chi connectivity index (χ0n) is 15.3. The molecule has 0 bridgehead atoms. The van der Waals surface area contributed by atoms with Gasteiger partial charge in [-0.05, 0) is 31.5 Å². The fourth-order valence-corrected chi connectivity index (χ4v) is 4.50. The highest BCUT2D eigenvalue weighted by molar-refractivity contribution is 7.89. The van der Waals surface area contributed by atoms with E-state index in [1.165, 1.54) is 10.4 Å². The van der Waals surface area contributed by atoms with Gasteiger partial charge in [0.25, 0.3) is 5.91 Å². The molecule has 1 atom stereocenters. The molecular weight excluding hydrogens is 383 g/mol. The van der Waals surface area contributed by atoms with Crippen LogP contribution in [-0.4, -0.2) is 57.4 Å². The number of nitrogens with zero attached hydrogens (tertiary/aromatic N) is 1. The normalized spacial score (nSPS) is 18.3. The van der Waals surface area contributed by atoms with Gasteiger partial charge < -0.3 is 10.2 Å². The highest BCUT2D eigenvalue weighted by atomic mass is 32.2. The Labute approximate surface area is 157 Å². The second-order valence-electron chi connectivity index (χ2n) is 6.60. The van der Waals surface area contributed by atoms with E-state index in [2.05, 4.69) is 5.32 Å². The molecule has 0 aliphatic carbocycles. The average molecular weight is 408 g/mol. The number of nitrogens with one attached hydrogen (secondary N) is 2. The maximum atomic E-state index is 12.9. The van der Waals surface area contributed by atoms with Gasteiger partial charge in [-0.3, -0.25) is 4.79 Å². The molecule has 152 valence electrons. The van der Waals surface area contributed by atoms with Crippen LogP contribution in [0.25, 0.3) is 0 Å². The number of amides is 1. The summed E-state index contributed by atoms with van der Waals surface area (Å²) in [4.78, 5) is 12.7. The predicted molar refractivity (Wildman–Crippen MR) is 93.7 cm³/mol. The van der Waals surface area contributed by atoms with Crippen molar-refractivity contribution in [3.63, 3.8) is 0 Å². The number of carbonyl (C=O) groups excluding carboxylic acids is 1. The fraction of sp³-hybridized carbons (Fsp3) is 0.588. The summed E-state index contributed by atoms with van der Waals surface area (Å²) in [5, 5.41) is 2.82. The average Bonchev–Trinajstić information content (AvgIpc) is 2.65. The van der Waals surface area contributed by atoms with Crippen molar-refractivity contribution in [1.82, 2.24) is 9.62 Å². The minimum atomic E-state index is -4.60. The summed E-state index contributed by atoms with van der Waals surface area (Å²) in [7, 11) is -4.01. The van der Waals surface area contributed by atoms with Gasteiger partial charge in [-0.25, -0.2) is 8.42 Å². The first kappa shape index (κ1) is 21.6. The van der Waals surface area contributed by atoms with Crippen molar-refractivity contribution in [1.29, 1.82) is 0 Å². The number of alkyl halides is 3. The van der Waals surface area contributed by atoms with E-state index in [0.29, 0.717) is 25.7 Å². The number of halogens is 3. The number of rotatable bonds is 6. The maximum absolute atomic E-state index is 12.9. The number of hydrogen-bond acceptors (Lipinski definition) is 3. The molecule has 1 aliphatic rings. The van der Waals surface area contributed by atoms with Crippen molar-refractivity contribution in [2.45, 2.75) is 37.4 Å². The molecule has 10 heteroatoms. The van der Waals surface area contributed by atoms with Crippen molar-refractivity contribution in [3.05, 3.63) is 29.8 Å². The standard InChI is InChI=1S/C17H24F3N3O3S/c1-3-7-21-16(24)13(2)22-8-10-23(11-9-22)27(25,26)15-6-4-5-14(12-15)17(18,19)20/h4-6,12-13H,3,7-11H2,1-2H3,(H,21,24)/p+1/t13-/m1/s1. The Hall–Kier alpha value is -1.65. The summed E-state index contributed by atoms with van der Waals surface area (Å²) in [6, 6.07) is 3.46. The smallest absolute Gasteiger partial charge is 0.351 e. The minimum Gasteiger partial charge on any atom is -0.351 e. The van der Waals surface area contributed by atoms with Gasteiger partial charge in [0.05, 0.1) is 36.6 Å². The van der Waals surface area contributed by atoms with E-state index in [9.17, 15) is 26.4 Å². The van der Waals surface area contributed by atoms with Gasteiger partial charge in [-0.15, -0.1) is 0 Å². The van der Waals surface area contributed by atoms with Crippen molar-refractivity contribution < 1.29 is 31.3 Å². The first-order valence-corrected chi connectivity index (χ1v) is 10.3. The highest BCUT2D eigenvalue weighted by Crippen LogP contribution is 2.31. The molecule has 27 heavy (non-hydrogen) atoms. The van der Waals surface area contributed by atoms with E-state index in [0.717, 1.165) is 23.5 Å². The first-order valence-electron chi connectivity index (χ1n) is 8.87. The lowest BCUT2D eigenvalue weighted by Gasteiger charge is -2.34. The summed E-state index contributed by atoms with van der Waals surface area (Å²) in [6.07, 6.45) is -3.77. The summed E-state index contributed by atoms with van der Waals surface area (Å²) in [5.41, 5.74) is -0.992. The fourth-order valence-electron chi connectivity index (χ4n) is 3.02. The van der Waals surface area contributed by atoms with E-state index >= 15 is 0 Å². The quantitative estimate of drug-likeness (QED) is 0.721. The first-order chi connectivity index (χ1) is 12.6. The van der Waals surface area contributed by atoms with Crippen LogP contribution in [0.3, 0.4) is 0 Å². The van der Waals surface area contributed by atoms with E-state index < -0.39 is 21.8 Å². The van der Waals surface area contributed by atoms with Crippen molar-refractivity contribution in [3.8, 4) is 0 Å². The van der Waals surface area contributed by atoms with E-state index in [-0.39, 0.29) is 29.9 Å². The number of carbonyl (C=O) groups is 1. The maximum Gasteiger partial charge on any atom is 0.416 e. The largest absolute Gasteiger partial charge is 0.416 e. The van der Waals surface area contributed by atoms with Crippen LogP contribution in [0.1, 0.15) is 25.8 Å². The predicted octanol–water partition coefficient (Wildman–Crippen LogP) is 0.509. The summed E-state index contributed by atoms with van der Waals surface area (Å²) < 4.78 is 65.1. The number of quaternary nitrogens is 1. The van der Waals surface area contributed by atoms with Crippen LogP contribution < -0.4 is 10.2 Å². The van der Waals surface area contributed by atoms with Crippen LogP contribution in [0.5, 0.6) is 0 Å². The highest BCUT2D eigenvalue weighted by Gasteiger charge is 2.36. The Kier molecular flexibility index (Phi) is 6.87. The summed E-state index contributed by atoms with van der Waals surface area (Å²) >= 11 is 0. The van der Waals surface area contributed by atoms with E-state index in [1.54, 1.807) is 6.92 Å². The molecule has 2 rings (SSSR count). The van der Waals surface area contributed by atoms with Gasteiger partial charge in [0.2, 0.25) is 10.0 Å². The molecular formula is C17H25F3N3O3S+. The molecule has 1 aromatic rings. The molecule has 1 aromatic carbocycles. The van der Waals surface area contributed by atoms with Crippen molar-refractivity contribution >= 4 is 15.9 Å². The Morgan fingerprint density at radius 1 is 1.30 bits per heavy atom. The molecule has 1 fully saturated rings. The molecule has 0 saturated carbocycles. The molecule has 0 aromatic heterocycles. The number of benzene rings is 1. The van der Waals surface area contributed by atoms with Crippen LogP contribution in [0.2, 0.25) is 0 Å².